The maximum absolute atomic E-state index is 13.0. The van der Waals surface area contributed by atoms with Crippen molar-refractivity contribution in [3.63, 3.8) is 0 Å². The molecule has 0 aliphatic rings. The van der Waals surface area contributed by atoms with Crippen LogP contribution < -0.4 is 0 Å². The predicted octanol–water partition coefficient (Wildman–Crippen LogP) is 3.46. The second-order valence-electron chi connectivity index (χ2n) is 5.87. The lowest BCUT2D eigenvalue weighted by Crippen LogP contribution is -2.11. The molecule has 0 bridgehead atoms. The van der Waals surface area contributed by atoms with Crippen molar-refractivity contribution < 1.29 is 18.3 Å². The number of rotatable bonds is 6. The fourth-order valence-electron chi connectivity index (χ4n) is 2.88. The highest BCUT2D eigenvalue weighted by atomic mass is 32.2. The molecule has 1 N–H and O–H groups in total. The molecule has 5 nitrogen and oxygen atoms in total. The second-order valence-corrected chi connectivity index (χ2v) is 7.68. The minimum absolute atomic E-state index is 0.0408. The van der Waals surface area contributed by atoms with Gasteiger partial charge in [-0.2, -0.15) is 0 Å². The second kappa shape index (κ2) is 6.72. The van der Waals surface area contributed by atoms with E-state index in [0.717, 1.165) is 22.9 Å². The van der Waals surface area contributed by atoms with Crippen molar-refractivity contribution in [2.45, 2.75) is 31.1 Å². The van der Waals surface area contributed by atoms with Crippen LogP contribution in [0.15, 0.2) is 59.6 Å². The Balaban J connectivity index is 2.20. The molecule has 0 fully saturated rings. The molecular formula is C19H19NO4S. The molecule has 6 heteroatoms. The van der Waals surface area contributed by atoms with Crippen LogP contribution in [0.5, 0.6) is 0 Å². The molecule has 130 valence electrons. The maximum Gasteiger partial charge on any atom is 0.303 e. The van der Waals surface area contributed by atoms with E-state index in [1.54, 1.807) is 42.6 Å². The van der Waals surface area contributed by atoms with Crippen LogP contribution in [0.1, 0.15) is 24.5 Å². The Kier molecular flexibility index (Phi) is 4.63. The van der Waals surface area contributed by atoms with Gasteiger partial charge in [0.2, 0.25) is 0 Å². The lowest BCUT2D eigenvalue weighted by Gasteiger charge is -2.07. The monoisotopic (exact) mass is 357 g/mol. The third kappa shape index (κ3) is 3.30. The molecular weight excluding hydrogens is 338 g/mol. The molecule has 0 aliphatic heterocycles. The summed E-state index contributed by atoms with van der Waals surface area (Å²) in [5.41, 5.74) is 2.38. The quantitative estimate of drug-likeness (QED) is 0.733. The number of aliphatic carboxylic acids is 1. The molecule has 0 radical (unpaired) electrons. The molecule has 25 heavy (non-hydrogen) atoms. The van der Waals surface area contributed by atoms with E-state index < -0.39 is 16.0 Å². The first kappa shape index (κ1) is 17.2. The van der Waals surface area contributed by atoms with Gasteiger partial charge in [0.25, 0.3) is 10.0 Å². The van der Waals surface area contributed by atoms with Crippen LogP contribution in [0.4, 0.5) is 0 Å². The Morgan fingerprint density at radius 1 is 1.12 bits per heavy atom. The first-order valence-corrected chi connectivity index (χ1v) is 9.52. The van der Waals surface area contributed by atoms with E-state index in [1.807, 2.05) is 19.1 Å². The molecule has 2 aromatic carbocycles. The number of carboxylic acids is 1. The van der Waals surface area contributed by atoms with E-state index in [1.165, 1.54) is 3.97 Å². The van der Waals surface area contributed by atoms with Crippen LogP contribution in [-0.2, 0) is 27.7 Å². The number of fused-ring (bicyclic) bond motifs is 1. The highest BCUT2D eigenvalue weighted by Crippen LogP contribution is 2.28. The molecule has 1 aromatic heterocycles. The lowest BCUT2D eigenvalue weighted by atomic mass is 10.0. The Bertz CT molecular complexity index is 1020. The number of aryl methyl sites for hydroxylation is 2. The van der Waals surface area contributed by atoms with Crippen molar-refractivity contribution in [2.24, 2.45) is 0 Å². The Hall–Kier alpha value is -2.60. The number of aromatic nitrogens is 1. The highest BCUT2D eigenvalue weighted by molar-refractivity contribution is 7.90. The summed E-state index contributed by atoms with van der Waals surface area (Å²) in [5, 5.41) is 9.76. The number of hydrogen-bond acceptors (Lipinski definition) is 3. The molecule has 1 heterocycles. The van der Waals surface area contributed by atoms with E-state index in [-0.39, 0.29) is 17.7 Å². The number of nitrogens with zero attached hydrogens (tertiary/aromatic N) is 1. The standard InChI is InChI=1S/C19H19NO4S/c1-2-14-8-10-18-17(12-14)15(9-11-19(21)22)13-20(18)25(23,24)16-6-4-3-5-7-16/h3-8,10,12-13H,2,9,11H2,1H3,(H,21,22). The summed E-state index contributed by atoms with van der Waals surface area (Å²) < 4.78 is 27.3. The molecule has 0 saturated carbocycles. The van der Waals surface area contributed by atoms with Crippen LogP contribution in [0.25, 0.3) is 10.9 Å². The van der Waals surface area contributed by atoms with Crippen LogP contribution in [-0.4, -0.2) is 23.5 Å². The van der Waals surface area contributed by atoms with Crippen LogP contribution >= 0.6 is 0 Å². The van der Waals surface area contributed by atoms with E-state index in [9.17, 15) is 13.2 Å². The van der Waals surface area contributed by atoms with Gasteiger partial charge < -0.3 is 5.11 Å². The lowest BCUT2D eigenvalue weighted by molar-refractivity contribution is -0.136. The molecule has 0 unspecified atom stereocenters. The molecule has 0 amide bonds. The molecule has 0 spiro atoms. The van der Waals surface area contributed by atoms with Crippen molar-refractivity contribution >= 4 is 26.9 Å². The van der Waals surface area contributed by atoms with Gasteiger partial charge in [-0.1, -0.05) is 31.2 Å². The van der Waals surface area contributed by atoms with Crippen LogP contribution in [0, 0.1) is 0 Å². The Labute approximate surface area is 146 Å². The molecule has 3 aromatic rings. The zero-order chi connectivity index (χ0) is 18.0. The topological polar surface area (TPSA) is 76.4 Å². The van der Waals surface area contributed by atoms with E-state index in [4.69, 9.17) is 5.11 Å². The zero-order valence-corrected chi connectivity index (χ0v) is 14.7. The van der Waals surface area contributed by atoms with Crippen LogP contribution in [0.3, 0.4) is 0 Å². The minimum atomic E-state index is -3.73. The largest absolute Gasteiger partial charge is 0.481 e. The van der Waals surface area contributed by atoms with Crippen LogP contribution in [0.2, 0.25) is 0 Å². The summed E-state index contributed by atoms with van der Waals surface area (Å²) in [4.78, 5) is 11.1. The third-order valence-corrected chi connectivity index (χ3v) is 5.92. The van der Waals surface area contributed by atoms with Gasteiger partial charge in [-0.25, -0.2) is 12.4 Å². The SMILES string of the molecule is CCc1ccc2c(c1)c(CCC(=O)O)cn2S(=O)(=O)c1ccccc1. The molecule has 0 saturated heterocycles. The van der Waals surface area contributed by atoms with Gasteiger partial charge in [0.1, 0.15) is 0 Å². The van der Waals surface area contributed by atoms with Crippen molar-refractivity contribution in [3.05, 3.63) is 65.9 Å². The zero-order valence-electron chi connectivity index (χ0n) is 13.8. The summed E-state index contributed by atoms with van der Waals surface area (Å²) in [7, 11) is -3.73. The van der Waals surface area contributed by atoms with Crippen molar-refractivity contribution in [1.82, 2.24) is 3.97 Å². The average molecular weight is 357 g/mol. The molecule has 3 rings (SSSR count). The smallest absolute Gasteiger partial charge is 0.303 e. The third-order valence-electron chi connectivity index (χ3n) is 4.23. The maximum atomic E-state index is 13.0. The van der Waals surface area contributed by atoms with E-state index in [2.05, 4.69) is 0 Å². The number of carboxylic acid groups (broad SMARTS) is 1. The first-order valence-electron chi connectivity index (χ1n) is 8.08. The summed E-state index contributed by atoms with van der Waals surface area (Å²) in [6, 6.07) is 13.9. The predicted molar refractivity (Wildman–Crippen MR) is 96.3 cm³/mol. The summed E-state index contributed by atoms with van der Waals surface area (Å²) in [6.07, 6.45) is 2.62. The fraction of sp³-hybridized carbons (Fsp3) is 0.211. The first-order chi connectivity index (χ1) is 11.9. The summed E-state index contributed by atoms with van der Waals surface area (Å²) >= 11 is 0. The van der Waals surface area contributed by atoms with Gasteiger partial charge in [0.15, 0.2) is 0 Å². The van der Waals surface area contributed by atoms with E-state index >= 15 is 0 Å². The summed E-state index contributed by atoms with van der Waals surface area (Å²) in [5.74, 6) is -0.904. The molecule has 0 aliphatic carbocycles. The van der Waals surface area contributed by atoms with Gasteiger partial charge in [-0.15, -0.1) is 0 Å². The van der Waals surface area contributed by atoms with Gasteiger partial charge in [0, 0.05) is 18.0 Å². The number of carbonyl (C=O) groups is 1. The Morgan fingerprint density at radius 3 is 2.48 bits per heavy atom. The van der Waals surface area contributed by atoms with E-state index in [0.29, 0.717) is 5.52 Å². The number of hydrogen-bond donors (Lipinski definition) is 1. The Morgan fingerprint density at radius 2 is 1.84 bits per heavy atom. The fourth-order valence-corrected chi connectivity index (χ4v) is 4.29. The van der Waals surface area contributed by atoms with Gasteiger partial charge in [-0.3, -0.25) is 4.79 Å². The normalized spacial score (nSPS) is 11.7. The average Bonchev–Trinajstić information content (AvgIpc) is 2.99. The minimum Gasteiger partial charge on any atom is -0.481 e. The summed E-state index contributed by atoms with van der Waals surface area (Å²) in [6.45, 7) is 2.02. The van der Waals surface area contributed by atoms with Gasteiger partial charge >= 0.3 is 5.97 Å². The van der Waals surface area contributed by atoms with Crippen molar-refractivity contribution in [2.75, 3.05) is 0 Å². The van der Waals surface area contributed by atoms with Gasteiger partial charge in [-0.05, 0) is 48.2 Å². The van der Waals surface area contributed by atoms with Crippen molar-refractivity contribution in [3.8, 4) is 0 Å². The van der Waals surface area contributed by atoms with Gasteiger partial charge in [0.05, 0.1) is 10.4 Å². The van der Waals surface area contributed by atoms with Crippen molar-refractivity contribution in [1.29, 1.82) is 0 Å². The number of benzene rings is 2. The molecule has 0 atom stereocenters. The highest BCUT2D eigenvalue weighted by Gasteiger charge is 2.21.